The van der Waals surface area contributed by atoms with Crippen LogP contribution in [0.5, 0.6) is 5.75 Å². The molecule has 0 saturated carbocycles. The first-order valence-electron chi connectivity index (χ1n) is 4.35. The van der Waals surface area contributed by atoms with Crippen molar-refractivity contribution in [3.63, 3.8) is 0 Å². The summed E-state index contributed by atoms with van der Waals surface area (Å²) in [5, 5.41) is 0. The van der Waals surface area contributed by atoms with Crippen molar-refractivity contribution in [2.45, 2.75) is 19.0 Å². The Morgan fingerprint density at radius 2 is 1.32 bits per heavy atom. The highest BCUT2D eigenvalue weighted by atomic mass is 127. The van der Waals surface area contributed by atoms with E-state index in [-0.39, 0.29) is 12.1 Å². The van der Waals surface area contributed by atoms with E-state index in [9.17, 15) is 35.1 Å². The molecule has 0 amide bonds. The first kappa shape index (κ1) is 16.2. The molecule has 0 aliphatic carbocycles. The van der Waals surface area contributed by atoms with Crippen molar-refractivity contribution in [2.24, 2.45) is 0 Å². The molecule has 0 aliphatic heterocycles. The van der Waals surface area contributed by atoms with Gasteiger partial charge in [0, 0.05) is 0 Å². The van der Waals surface area contributed by atoms with E-state index in [1.54, 1.807) is 0 Å². The van der Waals surface area contributed by atoms with Crippen LogP contribution in [0.25, 0.3) is 0 Å². The fraction of sp³-hybridized carbons (Fsp3) is 0.333. The van der Waals surface area contributed by atoms with Gasteiger partial charge in [-0.2, -0.15) is 35.1 Å². The van der Waals surface area contributed by atoms with Gasteiger partial charge >= 0.3 is 19.0 Å². The van der Waals surface area contributed by atoms with Crippen molar-refractivity contribution >= 4 is 22.6 Å². The lowest BCUT2D eigenvalue weighted by molar-refractivity contribution is -0.162. The van der Waals surface area contributed by atoms with Crippen molar-refractivity contribution in [3.05, 3.63) is 26.8 Å². The van der Waals surface area contributed by atoms with Crippen molar-refractivity contribution in [1.82, 2.24) is 0 Å². The molecule has 0 saturated heterocycles. The molecule has 1 aromatic carbocycles. The molecule has 19 heavy (non-hydrogen) atoms. The van der Waals surface area contributed by atoms with Crippen LogP contribution in [0.15, 0.2) is 12.1 Å². The molecule has 0 fully saturated rings. The lowest BCUT2D eigenvalue weighted by Gasteiger charge is -2.18. The topological polar surface area (TPSA) is 9.23 Å². The summed E-state index contributed by atoms with van der Waals surface area (Å²) in [7, 11) is 0. The normalized spacial score (nSPS) is 12.9. The van der Waals surface area contributed by atoms with Gasteiger partial charge in [0.15, 0.2) is 0 Å². The number of ether oxygens (including phenoxy) is 1. The minimum Gasteiger partial charge on any atom is -0.434 e. The van der Waals surface area contributed by atoms with Crippen LogP contribution in [-0.2, 0) is 12.4 Å². The summed E-state index contributed by atoms with van der Waals surface area (Å²) in [6.45, 7) is -3.44. The van der Waals surface area contributed by atoms with Crippen LogP contribution < -0.4 is 4.74 Å². The Hall–Kier alpha value is -0.810. The van der Waals surface area contributed by atoms with E-state index in [1.165, 1.54) is 22.6 Å². The molecule has 0 aliphatic rings. The summed E-state index contributed by atoms with van der Waals surface area (Å²) < 4.78 is 102. The third-order valence-electron chi connectivity index (χ3n) is 1.90. The molecule has 0 unspecified atom stereocenters. The Bertz CT molecular complexity index is 465. The van der Waals surface area contributed by atoms with Crippen molar-refractivity contribution in [1.29, 1.82) is 0 Å². The van der Waals surface area contributed by atoms with Gasteiger partial charge in [0.25, 0.3) is 0 Å². The van der Waals surface area contributed by atoms with Crippen LogP contribution in [-0.4, -0.2) is 6.61 Å². The zero-order valence-corrected chi connectivity index (χ0v) is 10.7. The summed E-state index contributed by atoms with van der Waals surface area (Å²) >= 11 is 1.18. The predicted molar refractivity (Wildman–Crippen MR) is 55.8 cm³/mol. The third-order valence-corrected chi connectivity index (χ3v) is 2.74. The Morgan fingerprint density at radius 3 is 1.68 bits per heavy atom. The Balaban J connectivity index is 3.47. The van der Waals surface area contributed by atoms with Crippen LogP contribution in [0.4, 0.5) is 35.1 Å². The molecule has 108 valence electrons. The second-order valence-corrected chi connectivity index (χ2v) is 4.36. The Labute approximate surface area is 114 Å². The quantitative estimate of drug-likeness (QED) is 0.500. The van der Waals surface area contributed by atoms with Gasteiger partial charge in [0.05, 0.1) is 14.7 Å². The average Bonchev–Trinajstić information content (AvgIpc) is 2.16. The molecule has 0 atom stereocenters. The fourth-order valence-electron chi connectivity index (χ4n) is 1.21. The SMILES string of the molecule is FC(F)Oc1cc(C(F)(F)F)c(C(F)(F)F)cc1I. The highest BCUT2D eigenvalue weighted by Gasteiger charge is 2.44. The summed E-state index contributed by atoms with van der Waals surface area (Å²) in [5.41, 5.74) is -4.03. The van der Waals surface area contributed by atoms with E-state index in [0.717, 1.165) is 0 Å². The number of halogens is 9. The van der Waals surface area contributed by atoms with E-state index < -0.39 is 39.4 Å². The molecule has 1 aromatic rings. The minimum absolute atomic E-state index is 0.0866. The molecule has 1 rings (SSSR count). The average molecular weight is 406 g/mol. The van der Waals surface area contributed by atoms with Crippen LogP contribution in [0, 0.1) is 3.57 Å². The first-order chi connectivity index (χ1) is 8.43. The summed E-state index contributed by atoms with van der Waals surface area (Å²) in [5.74, 6) is -0.962. The van der Waals surface area contributed by atoms with Gasteiger partial charge < -0.3 is 4.74 Å². The third kappa shape index (κ3) is 4.08. The van der Waals surface area contributed by atoms with Crippen LogP contribution in [0.3, 0.4) is 0 Å². The van der Waals surface area contributed by atoms with Crippen molar-refractivity contribution < 1.29 is 39.9 Å². The van der Waals surface area contributed by atoms with Crippen LogP contribution in [0.1, 0.15) is 11.1 Å². The smallest absolute Gasteiger partial charge is 0.417 e. The van der Waals surface area contributed by atoms with Crippen molar-refractivity contribution in [3.8, 4) is 5.75 Å². The summed E-state index contributed by atoms with van der Waals surface area (Å²) in [6, 6.07) is 0.0256. The molecule has 0 radical (unpaired) electrons. The largest absolute Gasteiger partial charge is 0.434 e. The van der Waals surface area contributed by atoms with E-state index in [4.69, 9.17) is 0 Å². The van der Waals surface area contributed by atoms with E-state index in [0.29, 0.717) is 0 Å². The Kier molecular flexibility index (Phi) is 4.52. The molecule has 0 heterocycles. The van der Waals surface area contributed by atoms with Gasteiger partial charge in [-0.15, -0.1) is 0 Å². The molecular weight excluding hydrogens is 403 g/mol. The molecule has 0 bridgehead atoms. The zero-order valence-electron chi connectivity index (χ0n) is 8.54. The number of hydrogen-bond donors (Lipinski definition) is 0. The molecule has 0 aromatic heterocycles. The van der Waals surface area contributed by atoms with Crippen molar-refractivity contribution in [2.75, 3.05) is 0 Å². The van der Waals surface area contributed by atoms with Crippen LogP contribution >= 0.6 is 22.6 Å². The molecule has 10 heteroatoms. The standard InChI is InChI=1S/C9H3F8IO/c10-7(11)19-6-2-4(9(15,16)17)3(1-5(6)18)8(12,13)14/h1-2,7H. The van der Waals surface area contributed by atoms with E-state index >= 15 is 0 Å². The number of alkyl halides is 8. The number of rotatable bonds is 2. The predicted octanol–water partition coefficient (Wildman–Crippen LogP) is 4.93. The Morgan fingerprint density at radius 1 is 0.895 bits per heavy atom. The highest BCUT2D eigenvalue weighted by molar-refractivity contribution is 14.1. The van der Waals surface area contributed by atoms with Gasteiger partial charge in [0.1, 0.15) is 5.75 Å². The van der Waals surface area contributed by atoms with E-state index in [1.807, 2.05) is 0 Å². The fourth-order valence-corrected chi connectivity index (χ4v) is 1.80. The maximum atomic E-state index is 12.5. The number of benzene rings is 1. The first-order valence-corrected chi connectivity index (χ1v) is 5.43. The highest BCUT2D eigenvalue weighted by Crippen LogP contribution is 2.43. The molecular formula is C9H3F8IO. The second kappa shape index (κ2) is 5.29. The monoisotopic (exact) mass is 406 g/mol. The molecule has 0 spiro atoms. The minimum atomic E-state index is -5.34. The zero-order chi connectivity index (χ0) is 15.0. The van der Waals surface area contributed by atoms with Gasteiger partial charge in [-0.1, -0.05) is 0 Å². The van der Waals surface area contributed by atoms with E-state index in [2.05, 4.69) is 4.74 Å². The number of hydrogen-bond acceptors (Lipinski definition) is 1. The lowest BCUT2D eigenvalue weighted by Crippen LogP contribution is -2.17. The van der Waals surface area contributed by atoms with Crippen LogP contribution in [0.2, 0.25) is 0 Å². The van der Waals surface area contributed by atoms with Gasteiger partial charge in [-0.25, -0.2) is 0 Å². The summed E-state index contributed by atoms with van der Waals surface area (Å²) in [6.07, 6.45) is -10.6. The van der Waals surface area contributed by atoms with Gasteiger partial charge in [-0.3, -0.25) is 0 Å². The van der Waals surface area contributed by atoms with Gasteiger partial charge in [0.2, 0.25) is 0 Å². The molecule has 0 N–H and O–H groups in total. The maximum absolute atomic E-state index is 12.5. The summed E-state index contributed by atoms with van der Waals surface area (Å²) in [4.78, 5) is 0. The molecule has 1 nitrogen and oxygen atoms in total. The lowest BCUT2D eigenvalue weighted by atomic mass is 10.1. The maximum Gasteiger partial charge on any atom is 0.417 e. The second-order valence-electron chi connectivity index (χ2n) is 3.20. The van der Waals surface area contributed by atoms with Gasteiger partial charge in [-0.05, 0) is 34.7 Å².